The standard InChI is InChI=1S/C27H30Cl2N2O6S4.H2O/c1-4-19(13-26-30(11-9-17(2)40(32,33)34)22-15-20(28)5-7-24(22)38-26)14-27-31(12-10-18(3)41(35,36)37)23-16-21(29)6-8-25(23)39-27;/h5-8,13-18H,4,9-12H2,1-3H3,(H-,32,33,34,35,36,37);1H2. The molecule has 2 heterocycles. The second-order valence-electron chi connectivity index (χ2n) is 9.85. The average molecular weight is 696 g/mol. The Morgan fingerprint density at radius 2 is 1.62 bits per heavy atom. The van der Waals surface area contributed by atoms with Crippen LogP contribution in [-0.2, 0) is 26.8 Å². The lowest BCUT2D eigenvalue weighted by atomic mass is 10.1. The highest BCUT2D eigenvalue weighted by molar-refractivity contribution is 8.03. The van der Waals surface area contributed by atoms with E-state index in [9.17, 15) is 25.9 Å². The van der Waals surface area contributed by atoms with E-state index in [1.54, 1.807) is 23.1 Å². The molecule has 2 atom stereocenters. The molecular weight excluding hydrogens is 663 g/mol. The molecular formula is C27H32Cl2N2O7S4. The third kappa shape index (κ3) is 8.27. The largest absolute Gasteiger partial charge is 0.870 e. The van der Waals surface area contributed by atoms with Crippen LogP contribution in [0.3, 0.4) is 0 Å². The summed E-state index contributed by atoms with van der Waals surface area (Å²) in [6.45, 7) is 5.71. The second kappa shape index (κ2) is 14.0. The Kier molecular flexibility index (Phi) is 11.6. The van der Waals surface area contributed by atoms with Crippen molar-refractivity contribution in [1.82, 2.24) is 0 Å². The fourth-order valence-electron chi connectivity index (χ4n) is 4.31. The zero-order valence-electron chi connectivity index (χ0n) is 23.1. The van der Waals surface area contributed by atoms with Crippen LogP contribution in [-0.4, -0.2) is 48.5 Å². The number of nitrogens with zero attached hydrogens (tertiary/aromatic N) is 2. The van der Waals surface area contributed by atoms with Gasteiger partial charge in [-0.25, -0.2) is 0 Å². The molecule has 0 saturated carbocycles. The van der Waals surface area contributed by atoms with Crippen molar-refractivity contribution in [3.63, 3.8) is 0 Å². The van der Waals surface area contributed by atoms with E-state index in [1.165, 1.54) is 13.8 Å². The van der Waals surface area contributed by atoms with Gasteiger partial charge in [-0.3, -0.25) is 9.11 Å². The summed E-state index contributed by atoms with van der Waals surface area (Å²) in [6.07, 6.45) is 5.24. The van der Waals surface area contributed by atoms with Crippen LogP contribution in [0.2, 0.25) is 10.0 Å². The predicted molar refractivity (Wildman–Crippen MR) is 171 cm³/mol. The number of rotatable bonds is 11. The van der Waals surface area contributed by atoms with Crippen molar-refractivity contribution in [2.24, 2.45) is 0 Å². The molecule has 0 bridgehead atoms. The Morgan fingerprint density at radius 3 is 2.26 bits per heavy atom. The Morgan fingerprint density at radius 1 is 1.00 bits per heavy atom. The number of thiazole rings is 1. The summed E-state index contributed by atoms with van der Waals surface area (Å²) >= 11 is 15.7. The van der Waals surface area contributed by atoms with E-state index in [2.05, 4.69) is 12.2 Å². The van der Waals surface area contributed by atoms with Gasteiger partial charge in [-0.05, 0) is 68.7 Å². The summed E-state index contributed by atoms with van der Waals surface area (Å²) in [5.74, 6) is 0. The van der Waals surface area contributed by atoms with E-state index in [0.29, 0.717) is 29.6 Å². The maximum absolute atomic E-state index is 11.7. The summed E-state index contributed by atoms with van der Waals surface area (Å²) in [5, 5.41) is 1.07. The third-order valence-electron chi connectivity index (χ3n) is 6.95. The van der Waals surface area contributed by atoms with Gasteiger partial charge in [0.2, 0.25) is 5.52 Å². The van der Waals surface area contributed by atoms with Crippen molar-refractivity contribution in [3.8, 4) is 0 Å². The number of benzene rings is 2. The van der Waals surface area contributed by atoms with Gasteiger partial charge in [-0.15, -0.1) is 0 Å². The minimum Gasteiger partial charge on any atom is -0.870 e. The molecule has 0 spiro atoms. The Bertz CT molecular complexity index is 1740. The van der Waals surface area contributed by atoms with Crippen LogP contribution in [0.5, 0.6) is 0 Å². The first-order valence-electron chi connectivity index (χ1n) is 12.9. The predicted octanol–water partition coefficient (Wildman–Crippen LogP) is 6.90. The van der Waals surface area contributed by atoms with Crippen LogP contribution >= 0.6 is 46.3 Å². The molecule has 0 aliphatic carbocycles. The van der Waals surface area contributed by atoms with Crippen molar-refractivity contribution in [1.29, 1.82) is 0 Å². The fourth-order valence-corrected chi connectivity index (χ4v) is 7.74. The number of aromatic nitrogens is 1. The smallest absolute Gasteiger partial charge is 0.267 e. The molecule has 9 nitrogen and oxygen atoms in total. The first-order valence-corrected chi connectivity index (χ1v) is 18.3. The van der Waals surface area contributed by atoms with Crippen LogP contribution in [0, 0.1) is 0 Å². The number of halogens is 2. The number of hydrogen-bond acceptors (Lipinski definition) is 8. The van der Waals surface area contributed by atoms with Gasteiger partial charge in [0.25, 0.3) is 25.2 Å². The highest BCUT2D eigenvalue weighted by Crippen LogP contribution is 2.47. The van der Waals surface area contributed by atoms with Gasteiger partial charge >= 0.3 is 0 Å². The second-order valence-corrected chi connectivity index (χ2v) is 16.5. The molecule has 3 aromatic rings. The first kappa shape index (κ1) is 34.8. The normalized spacial score (nSPS) is 16.5. The molecule has 2 aromatic carbocycles. The van der Waals surface area contributed by atoms with Gasteiger partial charge in [0.15, 0.2) is 6.54 Å². The lowest BCUT2D eigenvalue weighted by molar-refractivity contribution is -0.669. The summed E-state index contributed by atoms with van der Waals surface area (Å²) in [5.41, 5.74) is 2.74. The van der Waals surface area contributed by atoms with E-state index in [0.717, 1.165) is 36.4 Å². The Balaban J connectivity index is 0.00000484. The van der Waals surface area contributed by atoms with Crippen LogP contribution in [0.4, 0.5) is 5.69 Å². The van der Waals surface area contributed by atoms with Gasteiger partial charge < -0.3 is 10.4 Å². The van der Waals surface area contributed by atoms with E-state index in [4.69, 9.17) is 23.2 Å². The van der Waals surface area contributed by atoms with Gasteiger partial charge in [-0.2, -0.15) is 21.4 Å². The van der Waals surface area contributed by atoms with E-state index >= 15 is 0 Å². The van der Waals surface area contributed by atoms with Crippen molar-refractivity contribution < 1.29 is 36.0 Å². The number of anilines is 1. The average Bonchev–Trinajstić information content (AvgIpc) is 3.40. The summed E-state index contributed by atoms with van der Waals surface area (Å²) in [6, 6.07) is 11.2. The van der Waals surface area contributed by atoms with Crippen LogP contribution in [0.1, 0.15) is 45.0 Å². The maximum Gasteiger partial charge on any atom is 0.267 e. The number of aryl methyl sites for hydroxylation is 1. The van der Waals surface area contributed by atoms with Crippen molar-refractivity contribution >= 4 is 88.5 Å². The van der Waals surface area contributed by atoms with Gasteiger partial charge in [-0.1, -0.05) is 53.2 Å². The molecule has 2 unspecified atom stereocenters. The quantitative estimate of drug-likeness (QED) is 0.162. The third-order valence-corrected chi connectivity index (χ3v) is 12.1. The number of hydrogen-bond donors (Lipinski definition) is 2. The highest BCUT2D eigenvalue weighted by atomic mass is 35.5. The molecule has 4 rings (SSSR count). The SMILES string of the molecule is CCC(=Cc1sc2ccc(Cl)cc2[n+]1CCC(C)S(=O)(=O)O)C=C1Sc2ccc(Cl)cc2N1CCC(C)S(=O)(=O)O.[OH-]. The van der Waals surface area contributed by atoms with E-state index in [-0.39, 0.29) is 18.3 Å². The Labute approximate surface area is 264 Å². The molecule has 15 heteroatoms. The topological polar surface area (TPSA) is 146 Å². The molecule has 0 fully saturated rings. The lowest BCUT2D eigenvalue weighted by Gasteiger charge is -2.22. The van der Waals surface area contributed by atoms with Crippen molar-refractivity contribution in [3.05, 3.63) is 68.1 Å². The molecule has 42 heavy (non-hydrogen) atoms. The number of fused-ring (bicyclic) bond motifs is 2. The minimum atomic E-state index is -4.16. The Hall–Kier alpha value is -1.68. The van der Waals surface area contributed by atoms with E-state index in [1.807, 2.05) is 52.8 Å². The summed E-state index contributed by atoms with van der Waals surface area (Å²) < 4.78 is 68.6. The fraction of sp³-hybridized carbons (Fsp3) is 0.370. The molecule has 1 aliphatic heterocycles. The molecule has 0 saturated heterocycles. The molecule has 230 valence electrons. The van der Waals surface area contributed by atoms with Crippen LogP contribution in [0.25, 0.3) is 16.3 Å². The lowest BCUT2D eigenvalue weighted by Crippen LogP contribution is -2.37. The van der Waals surface area contributed by atoms with Crippen LogP contribution < -0.4 is 9.47 Å². The zero-order chi connectivity index (χ0) is 30.1. The number of thioether (sulfide) groups is 1. The number of allylic oxidation sites excluding steroid dienone is 2. The monoisotopic (exact) mass is 694 g/mol. The first-order chi connectivity index (χ1) is 19.2. The highest BCUT2D eigenvalue weighted by Gasteiger charge is 2.28. The summed E-state index contributed by atoms with van der Waals surface area (Å²) in [7, 11) is -8.32. The summed E-state index contributed by atoms with van der Waals surface area (Å²) in [4.78, 5) is 3.00. The van der Waals surface area contributed by atoms with Gasteiger partial charge in [0.05, 0.1) is 21.2 Å². The molecule has 1 aliphatic rings. The molecule has 1 aromatic heterocycles. The van der Waals surface area contributed by atoms with Gasteiger partial charge in [0, 0.05) is 40.0 Å². The van der Waals surface area contributed by atoms with Crippen LogP contribution in [0.15, 0.2) is 58.0 Å². The minimum absolute atomic E-state index is 0. The zero-order valence-corrected chi connectivity index (χ0v) is 27.8. The van der Waals surface area contributed by atoms with Crippen molar-refractivity contribution in [2.75, 3.05) is 11.4 Å². The van der Waals surface area contributed by atoms with Crippen molar-refractivity contribution in [2.45, 2.75) is 62.0 Å². The molecule has 0 radical (unpaired) electrons. The van der Waals surface area contributed by atoms with E-state index < -0.39 is 30.7 Å². The molecule has 3 N–H and O–H groups in total. The maximum atomic E-state index is 11.7. The van der Waals surface area contributed by atoms with Gasteiger partial charge in [0.1, 0.15) is 4.70 Å². The molecule has 0 amide bonds.